The average Bonchev–Trinajstić information content (AvgIpc) is 2.42. The fourth-order valence-corrected chi connectivity index (χ4v) is 2.62. The van der Waals surface area contributed by atoms with Crippen LogP contribution in [0.1, 0.15) is 32.1 Å². The summed E-state index contributed by atoms with van der Waals surface area (Å²) in [6.45, 7) is 3.70. The van der Waals surface area contributed by atoms with E-state index in [0.29, 0.717) is 6.61 Å². The Morgan fingerprint density at radius 1 is 1.26 bits per heavy atom. The van der Waals surface area contributed by atoms with Crippen LogP contribution in [0.4, 0.5) is 0 Å². The van der Waals surface area contributed by atoms with Crippen molar-refractivity contribution in [3.63, 3.8) is 0 Å². The zero-order valence-electron chi connectivity index (χ0n) is 11.9. The first-order valence-corrected chi connectivity index (χ1v) is 7.26. The Morgan fingerprint density at radius 2 is 2.05 bits per heavy atom. The lowest BCUT2D eigenvalue weighted by molar-refractivity contribution is -0.144. The van der Waals surface area contributed by atoms with Crippen molar-refractivity contribution in [3.8, 4) is 0 Å². The van der Waals surface area contributed by atoms with Crippen LogP contribution in [0.3, 0.4) is 0 Å². The number of ether oxygens (including phenoxy) is 2. The number of methoxy groups -OCH3 is 1. The van der Waals surface area contributed by atoms with Crippen LogP contribution in [0.5, 0.6) is 0 Å². The van der Waals surface area contributed by atoms with E-state index in [0.717, 1.165) is 58.4 Å². The van der Waals surface area contributed by atoms with E-state index >= 15 is 0 Å². The number of aliphatic carboxylic acids is 1. The molecule has 1 aliphatic rings. The highest BCUT2D eigenvalue weighted by atomic mass is 16.5. The van der Waals surface area contributed by atoms with E-state index in [2.05, 4.69) is 5.32 Å². The van der Waals surface area contributed by atoms with Crippen molar-refractivity contribution in [2.24, 2.45) is 11.8 Å². The fraction of sp³-hybridized carbons (Fsp3) is 0.929. The highest BCUT2D eigenvalue weighted by molar-refractivity contribution is 5.70. The van der Waals surface area contributed by atoms with Gasteiger partial charge in [-0.15, -0.1) is 0 Å². The van der Waals surface area contributed by atoms with Crippen molar-refractivity contribution >= 4 is 5.97 Å². The summed E-state index contributed by atoms with van der Waals surface area (Å²) in [5.74, 6) is -0.522. The molecule has 19 heavy (non-hydrogen) atoms. The molecule has 5 nitrogen and oxygen atoms in total. The lowest BCUT2D eigenvalue weighted by atomic mass is 9.79. The Kier molecular flexibility index (Phi) is 8.79. The van der Waals surface area contributed by atoms with Crippen molar-refractivity contribution in [2.75, 3.05) is 40.0 Å². The summed E-state index contributed by atoms with van der Waals surface area (Å²) in [6.07, 6.45) is 4.98. The third-order valence-corrected chi connectivity index (χ3v) is 3.69. The topological polar surface area (TPSA) is 67.8 Å². The molecule has 1 fully saturated rings. The molecule has 1 saturated carbocycles. The zero-order chi connectivity index (χ0) is 13.9. The smallest absolute Gasteiger partial charge is 0.306 e. The Bertz CT molecular complexity index is 248. The predicted octanol–water partition coefficient (Wildman–Crippen LogP) is 1.52. The lowest BCUT2D eigenvalue weighted by Crippen LogP contribution is -2.35. The largest absolute Gasteiger partial charge is 0.481 e. The minimum atomic E-state index is -0.637. The molecule has 2 atom stereocenters. The van der Waals surface area contributed by atoms with Gasteiger partial charge in [-0.3, -0.25) is 4.79 Å². The lowest BCUT2D eigenvalue weighted by Gasteiger charge is -2.28. The van der Waals surface area contributed by atoms with E-state index in [9.17, 15) is 4.79 Å². The summed E-state index contributed by atoms with van der Waals surface area (Å²) in [6, 6.07) is 0. The van der Waals surface area contributed by atoms with Crippen molar-refractivity contribution in [1.29, 1.82) is 0 Å². The van der Waals surface area contributed by atoms with Crippen molar-refractivity contribution < 1.29 is 19.4 Å². The molecule has 0 saturated heterocycles. The standard InChI is InChI=1S/C14H27NO4/c1-18-8-4-9-19-10-7-15-11-12-5-2-3-6-13(12)14(16)17/h12-13,15H,2-11H2,1H3,(H,16,17). The molecule has 2 N–H and O–H groups in total. The molecule has 0 bridgehead atoms. The van der Waals surface area contributed by atoms with Gasteiger partial charge in [0, 0.05) is 26.9 Å². The van der Waals surface area contributed by atoms with Gasteiger partial charge in [-0.1, -0.05) is 12.8 Å². The van der Waals surface area contributed by atoms with Gasteiger partial charge in [-0.25, -0.2) is 0 Å². The van der Waals surface area contributed by atoms with E-state index in [-0.39, 0.29) is 11.8 Å². The Balaban J connectivity index is 2.02. The molecule has 0 radical (unpaired) electrons. The summed E-state index contributed by atoms with van der Waals surface area (Å²) in [4.78, 5) is 11.1. The maximum Gasteiger partial charge on any atom is 0.306 e. The van der Waals surface area contributed by atoms with E-state index in [1.807, 2.05) is 0 Å². The first-order valence-electron chi connectivity index (χ1n) is 7.26. The van der Waals surface area contributed by atoms with Crippen LogP contribution in [0.15, 0.2) is 0 Å². The Hall–Kier alpha value is -0.650. The summed E-state index contributed by atoms with van der Waals surface area (Å²) in [5.41, 5.74) is 0. The summed E-state index contributed by atoms with van der Waals surface area (Å²) >= 11 is 0. The van der Waals surface area contributed by atoms with Crippen molar-refractivity contribution in [3.05, 3.63) is 0 Å². The minimum absolute atomic E-state index is 0.163. The average molecular weight is 273 g/mol. The molecule has 0 amide bonds. The van der Waals surface area contributed by atoms with E-state index in [1.165, 1.54) is 0 Å². The first-order chi connectivity index (χ1) is 9.25. The molecule has 0 aromatic heterocycles. The molecule has 1 rings (SSSR count). The fourth-order valence-electron chi connectivity index (χ4n) is 2.62. The van der Waals surface area contributed by atoms with E-state index < -0.39 is 5.97 Å². The highest BCUT2D eigenvalue weighted by Crippen LogP contribution is 2.29. The molecule has 112 valence electrons. The van der Waals surface area contributed by atoms with Gasteiger partial charge in [-0.05, 0) is 31.7 Å². The Labute approximate surface area is 115 Å². The third-order valence-electron chi connectivity index (χ3n) is 3.69. The van der Waals surface area contributed by atoms with Crippen LogP contribution in [-0.2, 0) is 14.3 Å². The molecule has 0 heterocycles. The van der Waals surface area contributed by atoms with Crippen molar-refractivity contribution in [1.82, 2.24) is 5.32 Å². The van der Waals surface area contributed by atoms with Gasteiger partial charge in [0.2, 0.25) is 0 Å². The van der Waals surface area contributed by atoms with Crippen LogP contribution >= 0.6 is 0 Å². The molecule has 0 spiro atoms. The van der Waals surface area contributed by atoms with Gasteiger partial charge in [0.25, 0.3) is 0 Å². The number of carboxylic acid groups (broad SMARTS) is 1. The number of nitrogens with one attached hydrogen (secondary N) is 1. The second-order valence-corrected chi connectivity index (χ2v) is 5.15. The molecule has 0 aliphatic heterocycles. The number of rotatable bonds is 10. The normalized spacial score (nSPS) is 23.4. The SMILES string of the molecule is COCCCOCCNCC1CCCCC1C(=O)O. The second-order valence-electron chi connectivity index (χ2n) is 5.15. The second kappa shape index (κ2) is 10.2. The molecular weight excluding hydrogens is 246 g/mol. The molecular formula is C14H27NO4. The highest BCUT2D eigenvalue weighted by Gasteiger charge is 2.30. The maximum atomic E-state index is 11.1. The first kappa shape index (κ1) is 16.4. The number of hydrogen-bond acceptors (Lipinski definition) is 4. The van der Waals surface area contributed by atoms with Gasteiger partial charge in [0.05, 0.1) is 12.5 Å². The Morgan fingerprint density at radius 3 is 2.79 bits per heavy atom. The van der Waals surface area contributed by atoms with Crippen molar-refractivity contribution in [2.45, 2.75) is 32.1 Å². The zero-order valence-corrected chi connectivity index (χ0v) is 11.9. The van der Waals surface area contributed by atoms with Gasteiger partial charge < -0.3 is 19.9 Å². The minimum Gasteiger partial charge on any atom is -0.481 e. The molecule has 0 aromatic rings. The summed E-state index contributed by atoms with van der Waals surface area (Å²) < 4.78 is 10.4. The molecule has 5 heteroatoms. The number of carbonyl (C=O) groups is 1. The summed E-state index contributed by atoms with van der Waals surface area (Å²) in [5, 5.41) is 12.5. The van der Waals surface area contributed by atoms with E-state index in [1.54, 1.807) is 7.11 Å². The van der Waals surface area contributed by atoms with Gasteiger partial charge in [0.1, 0.15) is 0 Å². The van der Waals surface area contributed by atoms with Crippen LogP contribution < -0.4 is 5.32 Å². The van der Waals surface area contributed by atoms with Gasteiger partial charge >= 0.3 is 5.97 Å². The van der Waals surface area contributed by atoms with Gasteiger partial charge in [0.15, 0.2) is 0 Å². The monoisotopic (exact) mass is 273 g/mol. The van der Waals surface area contributed by atoms with Gasteiger partial charge in [-0.2, -0.15) is 0 Å². The van der Waals surface area contributed by atoms with Crippen LogP contribution in [0.25, 0.3) is 0 Å². The van der Waals surface area contributed by atoms with Crippen LogP contribution in [0, 0.1) is 11.8 Å². The molecule has 2 unspecified atom stereocenters. The quantitative estimate of drug-likeness (QED) is 0.591. The predicted molar refractivity (Wildman–Crippen MR) is 73.3 cm³/mol. The summed E-state index contributed by atoms with van der Waals surface area (Å²) in [7, 11) is 1.69. The molecule has 0 aromatic carbocycles. The third kappa shape index (κ3) is 6.89. The number of hydrogen-bond donors (Lipinski definition) is 2. The number of carboxylic acids is 1. The van der Waals surface area contributed by atoms with Crippen LogP contribution in [-0.4, -0.2) is 51.1 Å². The molecule has 1 aliphatic carbocycles. The van der Waals surface area contributed by atoms with Crippen LogP contribution in [0.2, 0.25) is 0 Å². The maximum absolute atomic E-state index is 11.1. The van der Waals surface area contributed by atoms with E-state index in [4.69, 9.17) is 14.6 Å².